The number of aliphatic imine (C=N–C) groups is 1. The first-order valence-electron chi connectivity index (χ1n) is 9.76. The second-order valence-corrected chi connectivity index (χ2v) is 8.28. The van der Waals surface area contributed by atoms with Gasteiger partial charge in [0, 0.05) is 37.8 Å². The standard InChI is InChI=1S/C21H27N5O2/c1-21(2,3)28-20(27)25-10-11-26-17(14-25)13-24-19(26)23-12-16-7-4-6-15-8-5-9-22-18(15)16/h4-9,17H,10-14H2,1-3H3,(H,23,24). The van der Waals surface area contributed by atoms with Crippen molar-refractivity contribution in [1.82, 2.24) is 20.1 Å². The zero-order valence-corrected chi connectivity index (χ0v) is 16.7. The van der Waals surface area contributed by atoms with Crippen molar-refractivity contribution < 1.29 is 9.53 Å². The molecule has 0 radical (unpaired) electrons. The van der Waals surface area contributed by atoms with Gasteiger partial charge in [-0.15, -0.1) is 0 Å². The van der Waals surface area contributed by atoms with Crippen LogP contribution in [0.2, 0.25) is 0 Å². The Labute approximate surface area is 165 Å². The van der Waals surface area contributed by atoms with Crippen molar-refractivity contribution in [3.05, 3.63) is 42.1 Å². The van der Waals surface area contributed by atoms with E-state index in [1.165, 1.54) is 0 Å². The van der Waals surface area contributed by atoms with Gasteiger partial charge in [-0.05, 0) is 32.4 Å². The lowest BCUT2D eigenvalue weighted by Gasteiger charge is -2.39. The van der Waals surface area contributed by atoms with E-state index in [9.17, 15) is 4.79 Å². The third-order valence-electron chi connectivity index (χ3n) is 5.01. The number of carbonyl (C=O) groups is 1. The number of piperazine rings is 1. The Morgan fingerprint density at radius 3 is 2.89 bits per heavy atom. The van der Waals surface area contributed by atoms with Gasteiger partial charge in [0.15, 0.2) is 5.96 Å². The van der Waals surface area contributed by atoms with Crippen molar-refractivity contribution in [2.45, 2.75) is 39.0 Å². The molecular weight excluding hydrogens is 354 g/mol. The second-order valence-electron chi connectivity index (χ2n) is 8.28. The predicted octanol–water partition coefficient (Wildman–Crippen LogP) is 2.62. The molecule has 2 aromatic rings. The highest BCUT2D eigenvalue weighted by Crippen LogP contribution is 2.20. The van der Waals surface area contributed by atoms with Gasteiger partial charge >= 0.3 is 6.09 Å². The number of carbonyl (C=O) groups excluding carboxylic acids is 1. The minimum Gasteiger partial charge on any atom is -0.444 e. The fourth-order valence-electron chi connectivity index (χ4n) is 3.71. The summed E-state index contributed by atoms with van der Waals surface area (Å²) >= 11 is 0. The minimum atomic E-state index is -0.473. The summed E-state index contributed by atoms with van der Waals surface area (Å²) in [5, 5.41) is 4.61. The first kappa shape index (κ1) is 18.5. The molecule has 7 heteroatoms. The lowest BCUT2D eigenvalue weighted by Crippen LogP contribution is -2.57. The number of hydrogen-bond donors (Lipinski definition) is 1. The maximum absolute atomic E-state index is 12.3. The number of nitrogens with zero attached hydrogens (tertiary/aromatic N) is 4. The number of amides is 1. The molecule has 0 saturated carbocycles. The number of guanidine groups is 1. The van der Waals surface area contributed by atoms with E-state index >= 15 is 0 Å². The van der Waals surface area contributed by atoms with Crippen LogP contribution in [-0.2, 0) is 11.3 Å². The first-order valence-corrected chi connectivity index (χ1v) is 9.76. The SMILES string of the molecule is CC(C)(C)OC(=O)N1CCN2C(NCc3cccc4cccnc34)=NCC2C1. The van der Waals surface area contributed by atoms with E-state index in [2.05, 4.69) is 44.5 Å². The predicted molar refractivity (Wildman–Crippen MR) is 109 cm³/mol. The molecule has 0 aliphatic carbocycles. The topological polar surface area (TPSA) is 70.1 Å². The van der Waals surface area contributed by atoms with E-state index in [0.29, 0.717) is 26.2 Å². The van der Waals surface area contributed by atoms with Gasteiger partial charge in [0.1, 0.15) is 5.60 Å². The molecule has 1 aromatic carbocycles. The maximum Gasteiger partial charge on any atom is 0.410 e. The smallest absolute Gasteiger partial charge is 0.410 e. The molecular formula is C21H27N5O2. The number of aromatic nitrogens is 1. The molecule has 4 rings (SSSR count). The Kier molecular flexibility index (Phi) is 4.83. The Morgan fingerprint density at radius 1 is 1.25 bits per heavy atom. The van der Waals surface area contributed by atoms with Gasteiger partial charge in [0.25, 0.3) is 0 Å². The zero-order chi connectivity index (χ0) is 19.7. The van der Waals surface area contributed by atoms with Crippen molar-refractivity contribution >= 4 is 23.0 Å². The van der Waals surface area contributed by atoms with E-state index < -0.39 is 5.60 Å². The van der Waals surface area contributed by atoms with Crippen LogP contribution >= 0.6 is 0 Å². The summed E-state index contributed by atoms with van der Waals surface area (Å²) < 4.78 is 5.51. The Morgan fingerprint density at radius 2 is 2.07 bits per heavy atom. The van der Waals surface area contributed by atoms with Gasteiger partial charge in [-0.25, -0.2) is 4.79 Å². The van der Waals surface area contributed by atoms with Gasteiger partial charge in [0.05, 0.1) is 18.1 Å². The number of nitrogens with one attached hydrogen (secondary N) is 1. The fourth-order valence-corrected chi connectivity index (χ4v) is 3.71. The molecule has 7 nitrogen and oxygen atoms in total. The van der Waals surface area contributed by atoms with Crippen molar-refractivity contribution in [2.75, 3.05) is 26.2 Å². The Balaban J connectivity index is 1.37. The monoisotopic (exact) mass is 381 g/mol. The molecule has 1 aromatic heterocycles. The second kappa shape index (κ2) is 7.30. The van der Waals surface area contributed by atoms with Crippen LogP contribution in [0.4, 0.5) is 4.79 Å². The summed E-state index contributed by atoms with van der Waals surface area (Å²) in [5.41, 5.74) is 1.69. The van der Waals surface area contributed by atoms with Crippen LogP contribution < -0.4 is 5.32 Å². The average Bonchev–Trinajstić information content (AvgIpc) is 3.07. The summed E-state index contributed by atoms with van der Waals surface area (Å²) in [6.07, 6.45) is 1.58. The number of para-hydroxylation sites is 1. The Hall–Kier alpha value is -2.83. The van der Waals surface area contributed by atoms with Crippen LogP contribution in [0.3, 0.4) is 0 Å². The number of fused-ring (bicyclic) bond motifs is 2. The summed E-state index contributed by atoms with van der Waals surface area (Å²) in [6, 6.07) is 10.5. The molecule has 1 N–H and O–H groups in total. The Bertz CT molecular complexity index is 900. The summed E-state index contributed by atoms with van der Waals surface area (Å²) in [6.45, 7) is 9.07. The van der Waals surface area contributed by atoms with Crippen LogP contribution in [0.15, 0.2) is 41.5 Å². The number of benzene rings is 1. The normalized spacial score (nSPS) is 19.4. The van der Waals surface area contributed by atoms with Crippen molar-refractivity contribution in [3.8, 4) is 0 Å². The van der Waals surface area contributed by atoms with Crippen LogP contribution in [0, 0.1) is 0 Å². The highest BCUT2D eigenvalue weighted by atomic mass is 16.6. The van der Waals surface area contributed by atoms with Gasteiger partial charge in [-0.2, -0.15) is 0 Å². The molecule has 1 unspecified atom stereocenters. The van der Waals surface area contributed by atoms with Crippen molar-refractivity contribution in [2.24, 2.45) is 4.99 Å². The van der Waals surface area contributed by atoms with Crippen molar-refractivity contribution in [1.29, 1.82) is 0 Å². The lowest BCUT2D eigenvalue weighted by molar-refractivity contribution is 0.0137. The summed E-state index contributed by atoms with van der Waals surface area (Å²) in [7, 11) is 0. The van der Waals surface area contributed by atoms with Gasteiger partial charge in [-0.1, -0.05) is 24.3 Å². The van der Waals surface area contributed by atoms with Crippen LogP contribution in [0.25, 0.3) is 10.9 Å². The largest absolute Gasteiger partial charge is 0.444 e. The molecule has 0 bridgehead atoms. The van der Waals surface area contributed by atoms with Crippen LogP contribution in [0.5, 0.6) is 0 Å². The van der Waals surface area contributed by atoms with E-state index in [4.69, 9.17) is 4.74 Å². The van der Waals surface area contributed by atoms with Gasteiger partial charge < -0.3 is 19.9 Å². The molecule has 2 aliphatic rings. The van der Waals surface area contributed by atoms with E-state index in [1.54, 1.807) is 4.90 Å². The summed E-state index contributed by atoms with van der Waals surface area (Å²) in [4.78, 5) is 25.6. The van der Waals surface area contributed by atoms with Crippen LogP contribution in [0.1, 0.15) is 26.3 Å². The highest BCUT2D eigenvalue weighted by Gasteiger charge is 2.36. The molecule has 3 heterocycles. The van der Waals surface area contributed by atoms with E-state index in [1.807, 2.05) is 33.0 Å². The molecule has 1 atom stereocenters. The number of ether oxygens (including phenoxy) is 1. The number of rotatable bonds is 2. The molecule has 1 fully saturated rings. The first-order chi connectivity index (χ1) is 13.4. The maximum atomic E-state index is 12.3. The number of hydrogen-bond acceptors (Lipinski definition) is 6. The minimum absolute atomic E-state index is 0.203. The van der Waals surface area contributed by atoms with Crippen LogP contribution in [-0.4, -0.2) is 64.7 Å². The number of pyridine rings is 1. The van der Waals surface area contributed by atoms with E-state index in [0.717, 1.165) is 29.0 Å². The molecule has 1 saturated heterocycles. The zero-order valence-electron chi connectivity index (χ0n) is 16.7. The molecule has 0 spiro atoms. The molecule has 148 valence electrons. The highest BCUT2D eigenvalue weighted by molar-refractivity contribution is 5.84. The summed E-state index contributed by atoms with van der Waals surface area (Å²) in [5.74, 6) is 0.904. The molecule has 2 aliphatic heterocycles. The average molecular weight is 381 g/mol. The fraction of sp³-hybridized carbons (Fsp3) is 0.476. The third kappa shape index (κ3) is 3.88. The lowest BCUT2D eigenvalue weighted by atomic mass is 10.1. The van der Waals surface area contributed by atoms with E-state index in [-0.39, 0.29) is 12.1 Å². The van der Waals surface area contributed by atoms with Crippen molar-refractivity contribution in [3.63, 3.8) is 0 Å². The van der Waals surface area contributed by atoms with Gasteiger partial charge in [-0.3, -0.25) is 9.98 Å². The molecule has 28 heavy (non-hydrogen) atoms. The van der Waals surface area contributed by atoms with Gasteiger partial charge in [0.2, 0.25) is 0 Å². The molecule has 1 amide bonds. The quantitative estimate of drug-likeness (QED) is 0.866. The third-order valence-corrected chi connectivity index (χ3v) is 5.01.